The number of hydrogen-bond acceptors (Lipinski definition) is 14. The highest BCUT2D eigenvalue weighted by Gasteiger charge is 2.40. The first-order valence-electron chi connectivity index (χ1n) is 26.6. The number of nitrogens with zero attached hydrogens (tertiary/aromatic N) is 2. The molecule has 0 aromatic carbocycles. The smallest absolute Gasteiger partial charge is 0.0839 e. The lowest BCUT2D eigenvalue weighted by Gasteiger charge is -2.14. The van der Waals surface area contributed by atoms with Crippen LogP contribution in [0.3, 0.4) is 0 Å². The molecule has 84 heavy (non-hydrogen) atoms. The highest BCUT2D eigenvalue weighted by Crippen LogP contribution is 2.57. The number of aromatic nitrogens is 2. The third-order valence-electron chi connectivity index (χ3n) is 15.1. The lowest BCUT2D eigenvalue weighted by Crippen LogP contribution is -2.23. The van der Waals surface area contributed by atoms with Crippen LogP contribution in [0.15, 0.2) is 232 Å². The number of allylic oxidation sites excluding steroid dienone is 4. The van der Waals surface area contributed by atoms with Gasteiger partial charge in [-0.2, -0.15) is 0 Å². The van der Waals surface area contributed by atoms with E-state index in [2.05, 4.69) is 220 Å². The van der Waals surface area contributed by atoms with Gasteiger partial charge in [0.05, 0.1) is 44.9 Å². The van der Waals surface area contributed by atoms with Gasteiger partial charge >= 0.3 is 0 Å². The molecule has 0 radical (unpaired) electrons. The van der Waals surface area contributed by atoms with Crippen LogP contribution in [0, 0.1) is 0 Å². The van der Waals surface area contributed by atoms with Gasteiger partial charge in [-0.1, -0.05) is 72.8 Å². The second-order valence-electron chi connectivity index (χ2n) is 19.6. The van der Waals surface area contributed by atoms with Crippen LogP contribution in [0.2, 0.25) is 0 Å². The number of thiophene rings is 12. The zero-order valence-corrected chi connectivity index (χ0v) is 53.4. The number of H-pyrrole nitrogens is 2. The van der Waals surface area contributed by atoms with Crippen LogP contribution < -0.4 is 10.7 Å². The summed E-state index contributed by atoms with van der Waals surface area (Å²) in [5.74, 6) is 0. The Morgan fingerprint density at radius 1 is 0.214 bits per heavy atom. The average Bonchev–Trinajstić information content (AvgIpc) is 1.90. The van der Waals surface area contributed by atoms with Gasteiger partial charge in [0.1, 0.15) is 0 Å². The summed E-state index contributed by atoms with van der Waals surface area (Å²) in [4.78, 5) is 35.4. The molecular formula is C68H38N4S12. The van der Waals surface area contributed by atoms with Crippen molar-refractivity contribution in [3.8, 4) is 41.8 Å². The van der Waals surface area contributed by atoms with Crippen molar-refractivity contribution in [2.24, 2.45) is 9.98 Å². The molecule has 0 unspecified atom stereocenters. The van der Waals surface area contributed by atoms with Gasteiger partial charge in [-0.15, -0.1) is 136 Å². The molecule has 17 rings (SSSR count). The molecule has 8 bridgehead atoms. The highest BCUT2D eigenvalue weighted by molar-refractivity contribution is 7.17. The summed E-state index contributed by atoms with van der Waals surface area (Å²) in [5, 5.41) is 28.6. The van der Waals surface area contributed by atoms with Crippen molar-refractivity contribution in [3.63, 3.8) is 0 Å². The van der Waals surface area contributed by atoms with Gasteiger partial charge in [0.2, 0.25) is 0 Å². The summed E-state index contributed by atoms with van der Waals surface area (Å²) in [5.41, 5.74) is 19.1. The molecule has 0 atom stereocenters. The van der Waals surface area contributed by atoms with E-state index in [1.165, 1.54) is 19.5 Å². The highest BCUT2D eigenvalue weighted by atomic mass is 32.1. The average molecular weight is 1300 g/mol. The molecular weight excluding hydrogens is 1260 g/mol. The zero-order valence-electron chi connectivity index (χ0n) is 43.6. The fourth-order valence-corrected chi connectivity index (χ4v) is 21.2. The second kappa shape index (κ2) is 21.5. The first-order chi connectivity index (χ1) is 41.7. The van der Waals surface area contributed by atoms with Crippen molar-refractivity contribution in [3.05, 3.63) is 283 Å². The Balaban J connectivity index is 1.20. The lowest BCUT2D eigenvalue weighted by atomic mass is 9.91. The van der Waals surface area contributed by atoms with Gasteiger partial charge in [0.15, 0.2) is 0 Å². The van der Waals surface area contributed by atoms with Crippen LogP contribution in [-0.2, 0) is 0 Å². The molecule has 0 fully saturated rings. The standard InChI is InChI=1S/C68H38N4S12/c1-13-37(73-25-1)49-50(38-14-2-26-74-38)62-58(46-22-10-34-82-46)64-53(41-17-5-29-77-41)54(42-18-6-30-78-42)66(71-64)60(48-24-12-36-84-48)68-56(44-20-8-32-80-44)55(43-19-7-31-79-43)67(72-68)59(47-23-11-35-83-47)65-52(40-16-4-28-76-40)51(39-15-3-27-75-39)63(70-65)57(61(49)69-62)45-21-9-33-81-45/h1-36,69,72H. The monoisotopic (exact) mass is 1290 g/mol. The second-order valence-corrected chi connectivity index (χ2v) is 31.0. The van der Waals surface area contributed by atoms with Crippen LogP contribution in [0.5, 0.6) is 0 Å². The largest absolute Gasteiger partial charge is 0.353 e. The predicted molar refractivity (Wildman–Crippen MR) is 374 cm³/mol. The quantitative estimate of drug-likeness (QED) is 0.122. The minimum Gasteiger partial charge on any atom is -0.353 e. The molecule has 16 heterocycles. The molecule has 16 heteroatoms. The van der Waals surface area contributed by atoms with Crippen molar-refractivity contribution in [1.82, 2.24) is 9.97 Å². The topological polar surface area (TPSA) is 56.3 Å². The molecule has 1 aliphatic carbocycles. The summed E-state index contributed by atoms with van der Waals surface area (Å²) in [6.45, 7) is 0. The Labute approximate surface area is 530 Å². The van der Waals surface area contributed by atoms with Crippen molar-refractivity contribution in [2.75, 3.05) is 0 Å². The summed E-state index contributed by atoms with van der Waals surface area (Å²) < 4.78 is 0. The Bertz CT molecular complexity index is 4700. The van der Waals surface area contributed by atoms with E-state index in [1.54, 1.807) is 136 Å². The number of aliphatic imine (C=N–C) groups is 2. The van der Waals surface area contributed by atoms with E-state index in [1.807, 2.05) is 0 Å². The fourth-order valence-electron chi connectivity index (χ4n) is 11.8. The van der Waals surface area contributed by atoms with Gasteiger partial charge < -0.3 is 9.97 Å². The van der Waals surface area contributed by atoms with Crippen LogP contribution in [-0.4, -0.2) is 21.4 Å². The summed E-state index contributed by atoms with van der Waals surface area (Å²) >= 11 is 21.3. The molecule has 402 valence electrons. The molecule has 2 aliphatic heterocycles. The maximum absolute atomic E-state index is 6.37. The van der Waals surface area contributed by atoms with E-state index >= 15 is 0 Å². The van der Waals surface area contributed by atoms with Gasteiger partial charge in [-0.3, -0.25) is 0 Å². The Morgan fingerprint density at radius 2 is 0.440 bits per heavy atom. The van der Waals surface area contributed by atoms with Crippen molar-refractivity contribution in [2.45, 2.75) is 0 Å². The van der Waals surface area contributed by atoms with E-state index < -0.39 is 0 Å². The van der Waals surface area contributed by atoms with E-state index in [4.69, 9.17) is 9.98 Å². The SMILES string of the molecule is c1csc(C2=C(c3cccs3)C3=C(c4cccs4)c4[nH]c(c(-c5cccs5)c4-c4cccs4)C(c4cccs4)=C4N=C(C(c5cccs5)=C4c4cccs4)C(c4cccs4)=c4[nH]c(c(-c5cccs5)c4-c4cccs4)=C(c4cccs4)C2=N3)c1. The van der Waals surface area contributed by atoms with Crippen molar-refractivity contribution < 1.29 is 0 Å². The van der Waals surface area contributed by atoms with Crippen molar-refractivity contribution in [1.29, 1.82) is 0 Å². The maximum Gasteiger partial charge on any atom is 0.0839 e. The minimum atomic E-state index is 0.933. The molecule has 3 aliphatic rings. The Hall–Kier alpha value is -7.00. The molecule has 0 spiro atoms. The Morgan fingerprint density at radius 3 is 0.702 bits per heavy atom. The van der Waals surface area contributed by atoms with Gasteiger partial charge in [-0.05, 0) is 137 Å². The van der Waals surface area contributed by atoms with Crippen LogP contribution in [0.1, 0.15) is 50.4 Å². The molecule has 14 aromatic rings. The summed E-state index contributed by atoms with van der Waals surface area (Å²) in [7, 11) is 0. The number of hydrogen-bond donors (Lipinski definition) is 2. The van der Waals surface area contributed by atoms with E-state index in [9.17, 15) is 0 Å². The lowest BCUT2D eigenvalue weighted by molar-refractivity contribution is 1.26. The molecule has 0 amide bonds. The van der Waals surface area contributed by atoms with Crippen LogP contribution in [0.25, 0.3) is 86.3 Å². The number of aromatic amines is 2. The molecule has 2 N–H and O–H groups in total. The Kier molecular flexibility index (Phi) is 13.2. The first-order valence-corrected chi connectivity index (χ1v) is 37.2. The third-order valence-corrected chi connectivity index (χ3v) is 25.7. The van der Waals surface area contributed by atoms with E-state index in [0.29, 0.717) is 0 Å². The first kappa shape index (κ1) is 51.4. The van der Waals surface area contributed by atoms with E-state index in [-0.39, 0.29) is 0 Å². The van der Waals surface area contributed by atoms with Gasteiger partial charge in [-0.25, -0.2) is 9.98 Å². The zero-order chi connectivity index (χ0) is 55.2. The summed E-state index contributed by atoms with van der Waals surface area (Å²) in [6.07, 6.45) is 0. The van der Waals surface area contributed by atoms with Crippen LogP contribution >= 0.6 is 136 Å². The van der Waals surface area contributed by atoms with Crippen molar-refractivity contribution >= 4 is 192 Å². The van der Waals surface area contributed by atoms with Gasteiger partial charge in [0, 0.05) is 125 Å². The summed E-state index contributed by atoms with van der Waals surface area (Å²) in [6, 6.07) is 53.9. The molecule has 0 saturated heterocycles. The maximum atomic E-state index is 6.37. The number of fused-ring (bicyclic) bond motifs is 10. The predicted octanol–water partition coefficient (Wildman–Crippen LogP) is 21.5. The number of rotatable bonds is 12. The van der Waals surface area contributed by atoms with E-state index in [0.717, 1.165) is 151 Å². The van der Waals surface area contributed by atoms with Gasteiger partial charge in [0.25, 0.3) is 0 Å². The third kappa shape index (κ3) is 8.41. The molecule has 14 aromatic heterocycles. The molecule has 0 saturated carbocycles. The normalized spacial score (nSPS) is 14.6. The minimum absolute atomic E-state index is 0.933. The fraction of sp³-hybridized carbons (Fsp3) is 0. The van der Waals surface area contributed by atoms with Crippen LogP contribution in [0.4, 0.5) is 0 Å². The molecule has 4 nitrogen and oxygen atoms in total. The number of nitrogens with one attached hydrogen (secondary N) is 2.